The van der Waals surface area contributed by atoms with Crippen LogP contribution in [0.2, 0.25) is 0 Å². The number of nitrogens with one attached hydrogen (secondary N) is 1. The second-order valence-corrected chi connectivity index (χ2v) is 5.09. The molecule has 1 aromatic carbocycles. The summed E-state index contributed by atoms with van der Waals surface area (Å²) in [6, 6.07) is 8.66. The minimum atomic E-state index is 0. The molecule has 0 heterocycles. The molecule has 2 fully saturated rings. The predicted octanol–water partition coefficient (Wildman–Crippen LogP) is 2.89. The molecule has 0 radical (unpaired) electrons. The Morgan fingerprint density at radius 3 is 2.82 bits per heavy atom. The smallest absolute Gasteiger partial charge is 0.193 e. The van der Waals surface area contributed by atoms with Crippen LogP contribution in [0.1, 0.15) is 24.8 Å². The van der Waals surface area contributed by atoms with Gasteiger partial charge in [0.05, 0.1) is 6.04 Å². The molecule has 1 atom stereocenters. The van der Waals surface area contributed by atoms with E-state index in [9.17, 15) is 0 Å². The summed E-state index contributed by atoms with van der Waals surface area (Å²) in [7, 11) is 0. The summed E-state index contributed by atoms with van der Waals surface area (Å²) in [5.74, 6) is 0.555. The second kappa shape index (κ2) is 4.48. The van der Waals surface area contributed by atoms with Crippen molar-refractivity contribution >= 4 is 35.6 Å². The fourth-order valence-electron chi connectivity index (χ4n) is 2.28. The van der Waals surface area contributed by atoms with E-state index in [2.05, 4.69) is 29.4 Å². The molecule has 1 spiro atoms. The van der Waals surface area contributed by atoms with Crippen molar-refractivity contribution in [2.24, 2.45) is 16.1 Å². The Morgan fingerprint density at radius 1 is 1.47 bits per heavy atom. The number of benzene rings is 1. The number of anilines is 1. The van der Waals surface area contributed by atoms with Crippen molar-refractivity contribution in [1.29, 1.82) is 0 Å². The third-order valence-electron chi connectivity index (χ3n) is 3.62. The van der Waals surface area contributed by atoms with Crippen LogP contribution in [0.5, 0.6) is 0 Å². The molecule has 0 aliphatic heterocycles. The number of hydrogen-bond donors (Lipinski definition) is 2. The van der Waals surface area contributed by atoms with Crippen LogP contribution in [0, 0.1) is 12.3 Å². The van der Waals surface area contributed by atoms with E-state index < -0.39 is 0 Å². The molecule has 4 heteroatoms. The highest BCUT2D eigenvalue weighted by Gasteiger charge is 2.63. The van der Waals surface area contributed by atoms with E-state index in [0.717, 1.165) is 5.69 Å². The lowest BCUT2D eigenvalue weighted by molar-refractivity contribution is 0.825. The quantitative estimate of drug-likeness (QED) is 0.493. The van der Waals surface area contributed by atoms with Gasteiger partial charge in [0.2, 0.25) is 0 Å². The maximum atomic E-state index is 5.88. The van der Waals surface area contributed by atoms with Gasteiger partial charge in [-0.2, -0.15) is 0 Å². The summed E-state index contributed by atoms with van der Waals surface area (Å²) in [5.41, 5.74) is 8.71. The molecule has 2 aliphatic rings. The van der Waals surface area contributed by atoms with Gasteiger partial charge in [-0.25, -0.2) is 4.99 Å². The minimum Gasteiger partial charge on any atom is -0.370 e. The zero-order valence-electron chi connectivity index (χ0n) is 9.94. The molecular formula is C13H18IN3. The Kier molecular flexibility index (Phi) is 3.34. The van der Waals surface area contributed by atoms with Crippen LogP contribution >= 0.6 is 24.0 Å². The summed E-state index contributed by atoms with van der Waals surface area (Å²) in [5, 5.41) is 3.15. The summed E-state index contributed by atoms with van der Waals surface area (Å²) >= 11 is 0. The van der Waals surface area contributed by atoms with Gasteiger partial charge in [-0.15, -0.1) is 24.0 Å². The van der Waals surface area contributed by atoms with Crippen LogP contribution in [-0.2, 0) is 0 Å². The largest absolute Gasteiger partial charge is 0.370 e. The fraction of sp³-hybridized carbons (Fsp3) is 0.462. The maximum Gasteiger partial charge on any atom is 0.193 e. The third kappa shape index (κ3) is 2.73. The summed E-state index contributed by atoms with van der Waals surface area (Å²) in [6.07, 6.45) is 3.93. The van der Waals surface area contributed by atoms with Crippen LogP contribution in [0.4, 0.5) is 5.69 Å². The zero-order chi connectivity index (χ0) is 11.2. The van der Waals surface area contributed by atoms with Crippen LogP contribution in [0.15, 0.2) is 29.3 Å². The first-order valence-electron chi connectivity index (χ1n) is 5.85. The number of nitrogens with two attached hydrogens (primary N) is 1. The summed E-state index contributed by atoms with van der Waals surface area (Å²) in [6.45, 7) is 2.07. The minimum absolute atomic E-state index is 0. The van der Waals surface area contributed by atoms with Crippen molar-refractivity contribution in [1.82, 2.24) is 0 Å². The standard InChI is InChI=1S/C13H17N3.HI/c1-9-3-2-4-10(7-9)15-12(14)16-11-8-13(11)5-6-13;/h2-4,7,11H,5-6,8H2,1H3,(H3,14,15,16);1H. The van der Waals surface area contributed by atoms with E-state index in [1.54, 1.807) is 0 Å². The van der Waals surface area contributed by atoms with Crippen molar-refractivity contribution in [3.63, 3.8) is 0 Å². The molecule has 2 saturated carbocycles. The highest BCUT2D eigenvalue weighted by Crippen LogP contribution is 2.67. The van der Waals surface area contributed by atoms with Gasteiger partial charge < -0.3 is 11.1 Å². The van der Waals surface area contributed by atoms with Gasteiger partial charge in [-0.1, -0.05) is 12.1 Å². The maximum absolute atomic E-state index is 5.88. The molecule has 3 nitrogen and oxygen atoms in total. The molecule has 2 aliphatic carbocycles. The first kappa shape index (κ1) is 12.7. The molecule has 0 bridgehead atoms. The van der Waals surface area contributed by atoms with E-state index in [0.29, 0.717) is 17.4 Å². The van der Waals surface area contributed by atoms with Crippen molar-refractivity contribution < 1.29 is 0 Å². The predicted molar refractivity (Wildman–Crippen MR) is 81.9 cm³/mol. The van der Waals surface area contributed by atoms with Crippen LogP contribution in [-0.4, -0.2) is 12.0 Å². The van der Waals surface area contributed by atoms with Gasteiger partial charge in [0, 0.05) is 5.69 Å². The highest BCUT2D eigenvalue weighted by molar-refractivity contribution is 14.0. The first-order chi connectivity index (χ1) is 7.68. The topological polar surface area (TPSA) is 50.4 Å². The van der Waals surface area contributed by atoms with E-state index in [1.807, 2.05) is 12.1 Å². The molecule has 1 unspecified atom stereocenters. The molecular weight excluding hydrogens is 325 g/mol. The number of halogens is 1. The number of guanidine groups is 1. The summed E-state index contributed by atoms with van der Waals surface area (Å²) < 4.78 is 0. The van der Waals surface area contributed by atoms with Gasteiger partial charge in [-0.05, 0) is 49.3 Å². The van der Waals surface area contributed by atoms with Crippen molar-refractivity contribution in [3.8, 4) is 0 Å². The van der Waals surface area contributed by atoms with Crippen molar-refractivity contribution in [2.75, 3.05) is 5.32 Å². The molecule has 0 aromatic heterocycles. The Labute approximate surface area is 119 Å². The normalized spacial score (nSPS) is 24.1. The molecule has 0 amide bonds. The average Bonchev–Trinajstić information content (AvgIpc) is 3.09. The number of rotatable bonds is 2. The van der Waals surface area contributed by atoms with Gasteiger partial charge >= 0.3 is 0 Å². The SMILES string of the molecule is Cc1cccc(NC(N)=NC2CC23CC3)c1.I. The van der Waals surface area contributed by atoms with Crippen molar-refractivity contribution in [2.45, 2.75) is 32.2 Å². The number of aliphatic imine (C=N–C) groups is 1. The lowest BCUT2D eigenvalue weighted by atomic mass is 10.2. The van der Waals surface area contributed by atoms with E-state index in [4.69, 9.17) is 5.73 Å². The molecule has 1 aromatic rings. The Hall–Kier alpha value is -0.780. The Morgan fingerprint density at radius 2 is 2.24 bits per heavy atom. The monoisotopic (exact) mass is 343 g/mol. The Balaban J connectivity index is 0.00000108. The molecule has 92 valence electrons. The number of aryl methyl sites for hydroxylation is 1. The van der Waals surface area contributed by atoms with E-state index in [1.165, 1.54) is 24.8 Å². The lowest BCUT2D eigenvalue weighted by Gasteiger charge is -2.05. The van der Waals surface area contributed by atoms with Crippen LogP contribution in [0.25, 0.3) is 0 Å². The zero-order valence-corrected chi connectivity index (χ0v) is 12.3. The van der Waals surface area contributed by atoms with Crippen molar-refractivity contribution in [3.05, 3.63) is 29.8 Å². The number of nitrogens with zero attached hydrogens (tertiary/aromatic N) is 1. The van der Waals surface area contributed by atoms with E-state index >= 15 is 0 Å². The van der Waals surface area contributed by atoms with Gasteiger partial charge in [0.1, 0.15) is 0 Å². The average molecular weight is 343 g/mol. The van der Waals surface area contributed by atoms with Gasteiger partial charge in [0.25, 0.3) is 0 Å². The lowest BCUT2D eigenvalue weighted by Crippen LogP contribution is -2.23. The van der Waals surface area contributed by atoms with E-state index in [-0.39, 0.29) is 24.0 Å². The first-order valence-corrected chi connectivity index (χ1v) is 5.85. The summed E-state index contributed by atoms with van der Waals surface area (Å²) in [4.78, 5) is 4.51. The van der Waals surface area contributed by atoms with Crippen LogP contribution < -0.4 is 11.1 Å². The molecule has 0 saturated heterocycles. The molecule has 3 rings (SSSR count). The van der Waals surface area contributed by atoms with Crippen LogP contribution in [0.3, 0.4) is 0 Å². The highest BCUT2D eigenvalue weighted by atomic mass is 127. The molecule has 3 N–H and O–H groups in total. The van der Waals surface area contributed by atoms with Gasteiger partial charge in [0.15, 0.2) is 5.96 Å². The third-order valence-corrected chi connectivity index (χ3v) is 3.62. The van der Waals surface area contributed by atoms with Gasteiger partial charge in [-0.3, -0.25) is 0 Å². The number of hydrogen-bond acceptors (Lipinski definition) is 1. The second-order valence-electron chi connectivity index (χ2n) is 5.09. The molecule has 17 heavy (non-hydrogen) atoms. The fourth-order valence-corrected chi connectivity index (χ4v) is 2.28. The Bertz CT molecular complexity index is 452.